The molecule has 0 fully saturated rings. The number of methoxy groups -OCH3 is 1. The summed E-state index contributed by atoms with van der Waals surface area (Å²) in [5.74, 6) is -2.19. The van der Waals surface area contributed by atoms with Crippen LogP contribution in [0.25, 0.3) is 0 Å². The predicted octanol–water partition coefficient (Wildman–Crippen LogP) is 1.46. The van der Waals surface area contributed by atoms with Crippen molar-refractivity contribution in [3.05, 3.63) is 28.2 Å². The summed E-state index contributed by atoms with van der Waals surface area (Å²) in [6, 6.07) is 4.93. The van der Waals surface area contributed by atoms with Gasteiger partial charge in [-0.2, -0.15) is 0 Å². The third-order valence-corrected chi connectivity index (χ3v) is 3.89. The zero-order valence-corrected chi connectivity index (χ0v) is 11.4. The number of sulfone groups is 1. The molecule has 5 nitrogen and oxygen atoms in total. The van der Waals surface area contributed by atoms with Crippen LogP contribution in [0.4, 0.5) is 0 Å². The van der Waals surface area contributed by atoms with E-state index in [0.717, 1.165) is 0 Å². The van der Waals surface area contributed by atoms with Crippen LogP contribution in [0.3, 0.4) is 0 Å². The molecular formula is C10H11BrO5S. The number of hydrogen-bond donors (Lipinski definition) is 1. The van der Waals surface area contributed by atoms with Gasteiger partial charge >= 0.3 is 5.97 Å². The van der Waals surface area contributed by atoms with E-state index in [9.17, 15) is 13.2 Å². The number of rotatable bonds is 5. The van der Waals surface area contributed by atoms with Crippen molar-refractivity contribution in [3.8, 4) is 5.75 Å². The molecule has 94 valence electrons. The van der Waals surface area contributed by atoms with Gasteiger partial charge in [-0.1, -0.05) is 15.9 Å². The zero-order valence-electron chi connectivity index (χ0n) is 9.01. The smallest absolute Gasteiger partial charge is 0.318 e. The summed E-state index contributed by atoms with van der Waals surface area (Å²) >= 11 is 3.22. The highest BCUT2D eigenvalue weighted by Crippen LogP contribution is 2.24. The van der Waals surface area contributed by atoms with Gasteiger partial charge in [0.25, 0.3) is 0 Å². The molecule has 0 saturated carbocycles. The lowest BCUT2D eigenvalue weighted by Crippen LogP contribution is -2.17. The van der Waals surface area contributed by atoms with E-state index in [2.05, 4.69) is 15.9 Å². The lowest BCUT2D eigenvalue weighted by atomic mass is 10.2. The van der Waals surface area contributed by atoms with Gasteiger partial charge in [0.2, 0.25) is 0 Å². The number of carboxylic acids is 1. The molecule has 0 aromatic heterocycles. The lowest BCUT2D eigenvalue weighted by molar-refractivity contribution is -0.134. The highest BCUT2D eigenvalue weighted by atomic mass is 79.9. The van der Waals surface area contributed by atoms with Crippen molar-refractivity contribution in [2.24, 2.45) is 0 Å². The first kappa shape index (κ1) is 14.0. The second kappa shape index (κ2) is 5.50. The predicted molar refractivity (Wildman–Crippen MR) is 65.8 cm³/mol. The largest absolute Gasteiger partial charge is 0.496 e. The number of aliphatic carboxylic acids is 1. The molecule has 0 heterocycles. The monoisotopic (exact) mass is 322 g/mol. The van der Waals surface area contributed by atoms with E-state index in [1.54, 1.807) is 18.2 Å². The van der Waals surface area contributed by atoms with Gasteiger partial charge in [-0.3, -0.25) is 4.79 Å². The standard InChI is InChI=1S/C10H11BrO5S/c1-16-9-3-2-8(11)4-7(9)5-17(14,15)6-10(12)13/h2-4H,5-6H2,1H3,(H,12,13). The van der Waals surface area contributed by atoms with Gasteiger partial charge in [-0.15, -0.1) is 0 Å². The summed E-state index contributed by atoms with van der Waals surface area (Å²) in [4.78, 5) is 10.4. The summed E-state index contributed by atoms with van der Waals surface area (Å²) in [6.07, 6.45) is 0. The first-order chi connectivity index (χ1) is 7.84. The SMILES string of the molecule is COc1ccc(Br)cc1CS(=O)(=O)CC(=O)O. The van der Waals surface area contributed by atoms with Crippen LogP contribution < -0.4 is 4.74 Å². The number of hydrogen-bond acceptors (Lipinski definition) is 4. The summed E-state index contributed by atoms with van der Waals surface area (Å²) in [5, 5.41) is 8.49. The van der Waals surface area contributed by atoms with Gasteiger partial charge in [0.1, 0.15) is 11.5 Å². The molecule has 0 bridgehead atoms. The van der Waals surface area contributed by atoms with E-state index in [-0.39, 0.29) is 5.75 Å². The van der Waals surface area contributed by atoms with E-state index in [4.69, 9.17) is 9.84 Å². The van der Waals surface area contributed by atoms with E-state index in [1.807, 2.05) is 0 Å². The molecule has 1 N–H and O–H groups in total. The number of carboxylic acid groups (broad SMARTS) is 1. The number of benzene rings is 1. The second-order valence-corrected chi connectivity index (χ2v) is 6.36. The Kier molecular flexibility index (Phi) is 4.53. The van der Waals surface area contributed by atoms with Gasteiger partial charge in [0.15, 0.2) is 9.84 Å². The van der Waals surface area contributed by atoms with Gasteiger partial charge in [0, 0.05) is 10.0 Å². The van der Waals surface area contributed by atoms with Crippen molar-refractivity contribution in [1.82, 2.24) is 0 Å². The van der Waals surface area contributed by atoms with Crippen LogP contribution in [0, 0.1) is 0 Å². The van der Waals surface area contributed by atoms with Gasteiger partial charge in [-0.05, 0) is 18.2 Å². The van der Waals surface area contributed by atoms with E-state index >= 15 is 0 Å². The molecule has 0 saturated heterocycles. The van der Waals surface area contributed by atoms with Crippen molar-refractivity contribution in [2.75, 3.05) is 12.9 Å². The van der Waals surface area contributed by atoms with Crippen molar-refractivity contribution in [3.63, 3.8) is 0 Å². The van der Waals surface area contributed by atoms with Crippen LogP contribution >= 0.6 is 15.9 Å². The Labute approximate surface area is 107 Å². The number of halogens is 1. The maximum atomic E-state index is 11.5. The minimum atomic E-state index is -3.68. The minimum absolute atomic E-state index is 0.359. The lowest BCUT2D eigenvalue weighted by Gasteiger charge is -2.08. The Bertz CT molecular complexity index is 523. The quantitative estimate of drug-likeness (QED) is 0.887. The molecule has 0 spiro atoms. The first-order valence-corrected chi connectivity index (χ1v) is 7.20. The maximum absolute atomic E-state index is 11.5. The van der Waals surface area contributed by atoms with Crippen LogP contribution in [0.5, 0.6) is 5.75 Å². The average Bonchev–Trinajstić information content (AvgIpc) is 2.14. The molecule has 0 amide bonds. The van der Waals surface area contributed by atoms with Crippen molar-refractivity contribution in [2.45, 2.75) is 5.75 Å². The summed E-state index contributed by atoms with van der Waals surface area (Å²) in [6.45, 7) is 0. The Morgan fingerprint density at radius 3 is 2.65 bits per heavy atom. The topological polar surface area (TPSA) is 80.7 Å². The maximum Gasteiger partial charge on any atom is 0.318 e. The van der Waals surface area contributed by atoms with Gasteiger partial charge < -0.3 is 9.84 Å². The van der Waals surface area contributed by atoms with Crippen LogP contribution in [-0.2, 0) is 20.4 Å². The minimum Gasteiger partial charge on any atom is -0.496 e. The molecule has 1 rings (SSSR count). The number of carbonyl (C=O) groups is 1. The van der Waals surface area contributed by atoms with Crippen LogP contribution in [0.1, 0.15) is 5.56 Å². The Morgan fingerprint density at radius 2 is 2.12 bits per heavy atom. The third-order valence-electron chi connectivity index (χ3n) is 1.96. The fourth-order valence-corrected chi connectivity index (χ4v) is 2.92. The Hall–Kier alpha value is -1.08. The fourth-order valence-electron chi connectivity index (χ4n) is 1.34. The first-order valence-electron chi connectivity index (χ1n) is 4.58. The van der Waals surface area contributed by atoms with E-state index in [1.165, 1.54) is 7.11 Å². The normalized spacial score (nSPS) is 11.2. The highest BCUT2D eigenvalue weighted by Gasteiger charge is 2.19. The molecule has 1 aromatic rings. The molecule has 0 aliphatic carbocycles. The Morgan fingerprint density at radius 1 is 1.47 bits per heavy atom. The highest BCUT2D eigenvalue weighted by molar-refractivity contribution is 9.10. The Balaban J connectivity index is 3.02. The molecule has 1 aromatic carbocycles. The van der Waals surface area contributed by atoms with E-state index in [0.29, 0.717) is 15.8 Å². The molecule has 0 aliphatic rings. The molecule has 17 heavy (non-hydrogen) atoms. The summed E-state index contributed by atoms with van der Waals surface area (Å²) in [5.41, 5.74) is 0.433. The van der Waals surface area contributed by atoms with Crippen molar-refractivity contribution >= 4 is 31.7 Å². The second-order valence-electron chi connectivity index (χ2n) is 3.38. The van der Waals surface area contributed by atoms with Crippen molar-refractivity contribution < 1.29 is 23.1 Å². The summed E-state index contributed by atoms with van der Waals surface area (Å²) in [7, 11) is -2.26. The fraction of sp³-hybridized carbons (Fsp3) is 0.300. The van der Waals surface area contributed by atoms with E-state index < -0.39 is 21.6 Å². The third kappa shape index (κ3) is 4.35. The molecule has 7 heteroatoms. The van der Waals surface area contributed by atoms with Gasteiger partial charge in [-0.25, -0.2) is 8.42 Å². The van der Waals surface area contributed by atoms with Crippen molar-refractivity contribution in [1.29, 1.82) is 0 Å². The molecular weight excluding hydrogens is 312 g/mol. The molecule has 0 atom stereocenters. The summed E-state index contributed by atoms with van der Waals surface area (Å²) < 4.78 is 28.8. The molecule has 0 radical (unpaired) electrons. The van der Waals surface area contributed by atoms with Gasteiger partial charge in [0.05, 0.1) is 12.9 Å². The molecule has 0 aliphatic heterocycles. The average molecular weight is 323 g/mol. The molecule has 0 unspecified atom stereocenters. The van der Waals surface area contributed by atoms with Crippen LogP contribution in [0.2, 0.25) is 0 Å². The van der Waals surface area contributed by atoms with Crippen LogP contribution in [0.15, 0.2) is 22.7 Å². The van der Waals surface area contributed by atoms with Crippen LogP contribution in [-0.4, -0.2) is 32.4 Å². The zero-order chi connectivity index (χ0) is 13.1. The number of ether oxygens (including phenoxy) is 1.